The highest BCUT2D eigenvalue weighted by Crippen LogP contribution is 2.14. The van der Waals surface area contributed by atoms with Crippen LogP contribution in [0.15, 0.2) is 28.1 Å². The Morgan fingerprint density at radius 1 is 1.35 bits per heavy atom. The fraction of sp³-hybridized carbons (Fsp3) is 0.500. The number of hydrogen-bond acceptors (Lipinski definition) is 6. The summed E-state index contributed by atoms with van der Waals surface area (Å²) in [6, 6.07) is 6.00. The number of amides is 1. The molecular formula is C16H22N4O2S. The Bertz CT molecular complexity index is 626. The number of aryl methyl sites for hydroxylation is 1. The van der Waals surface area contributed by atoms with Crippen molar-refractivity contribution in [3.63, 3.8) is 0 Å². The summed E-state index contributed by atoms with van der Waals surface area (Å²) in [5.41, 5.74) is 0.763. The van der Waals surface area contributed by atoms with Crippen LogP contribution in [0.4, 0.5) is 5.88 Å². The van der Waals surface area contributed by atoms with Gasteiger partial charge in [-0.05, 0) is 37.9 Å². The van der Waals surface area contributed by atoms with E-state index in [0.29, 0.717) is 12.4 Å². The molecule has 0 unspecified atom stereocenters. The Balaban J connectivity index is 1.45. The van der Waals surface area contributed by atoms with Crippen LogP contribution >= 0.6 is 11.3 Å². The Labute approximate surface area is 140 Å². The zero-order chi connectivity index (χ0) is 16.1. The van der Waals surface area contributed by atoms with Crippen LogP contribution in [0.3, 0.4) is 0 Å². The summed E-state index contributed by atoms with van der Waals surface area (Å²) in [5, 5.41) is 8.64. The molecule has 23 heavy (non-hydrogen) atoms. The van der Waals surface area contributed by atoms with E-state index in [0.717, 1.165) is 44.8 Å². The van der Waals surface area contributed by atoms with Gasteiger partial charge in [0.1, 0.15) is 0 Å². The van der Waals surface area contributed by atoms with Crippen LogP contribution in [-0.2, 0) is 11.3 Å². The normalized spacial score (nSPS) is 17.1. The average Bonchev–Trinajstić information content (AvgIpc) is 3.10. The van der Waals surface area contributed by atoms with E-state index < -0.39 is 0 Å². The molecule has 1 amide bonds. The smallest absolute Gasteiger partial charge is 0.240 e. The van der Waals surface area contributed by atoms with Gasteiger partial charge in [-0.15, -0.1) is 11.3 Å². The fourth-order valence-corrected chi connectivity index (χ4v) is 3.51. The van der Waals surface area contributed by atoms with Crippen LogP contribution < -0.4 is 5.32 Å². The molecule has 1 aliphatic heterocycles. The summed E-state index contributed by atoms with van der Waals surface area (Å²) < 4.78 is 5.02. The summed E-state index contributed by atoms with van der Waals surface area (Å²) in [4.78, 5) is 18.2. The monoisotopic (exact) mass is 334 g/mol. The summed E-state index contributed by atoms with van der Waals surface area (Å²) in [6.07, 6.45) is 1.08. The first-order valence-corrected chi connectivity index (χ1v) is 8.77. The number of hydrogen-bond donors (Lipinski definition) is 1. The van der Waals surface area contributed by atoms with Crippen molar-refractivity contribution in [1.82, 2.24) is 15.0 Å². The fourth-order valence-electron chi connectivity index (χ4n) is 2.77. The molecule has 1 aliphatic rings. The van der Waals surface area contributed by atoms with Gasteiger partial charge in [0.15, 0.2) is 0 Å². The van der Waals surface area contributed by atoms with Crippen LogP contribution in [0.5, 0.6) is 0 Å². The van der Waals surface area contributed by atoms with Crippen molar-refractivity contribution in [2.24, 2.45) is 0 Å². The number of anilines is 1. The van der Waals surface area contributed by atoms with E-state index in [1.165, 1.54) is 4.88 Å². The quantitative estimate of drug-likeness (QED) is 0.908. The first-order valence-electron chi connectivity index (χ1n) is 7.89. The van der Waals surface area contributed by atoms with Crippen molar-refractivity contribution >= 4 is 23.1 Å². The molecule has 7 heteroatoms. The molecule has 1 N–H and O–H groups in total. The minimum Gasteiger partial charge on any atom is -0.338 e. The number of carbonyl (C=O) groups is 1. The average molecular weight is 334 g/mol. The van der Waals surface area contributed by atoms with Crippen molar-refractivity contribution in [2.45, 2.75) is 19.9 Å². The topological polar surface area (TPSA) is 61.6 Å². The third kappa shape index (κ3) is 4.89. The van der Waals surface area contributed by atoms with Gasteiger partial charge in [0.2, 0.25) is 11.8 Å². The number of thiophene rings is 1. The Hall–Kier alpha value is -1.70. The minimum absolute atomic E-state index is 0.0483. The summed E-state index contributed by atoms with van der Waals surface area (Å²) in [5.74, 6) is 0.370. The van der Waals surface area contributed by atoms with E-state index >= 15 is 0 Å². The van der Waals surface area contributed by atoms with Gasteiger partial charge in [-0.2, -0.15) is 0 Å². The van der Waals surface area contributed by atoms with Crippen LogP contribution in [0, 0.1) is 6.92 Å². The van der Waals surface area contributed by atoms with Gasteiger partial charge in [-0.25, -0.2) is 0 Å². The van der Waals surface area contributed by atoms with E-state index in [-0.39, 0.29) is 5.91 Å². The third-order valence-electron chi connectivity index (χ3n) is 3.90. The number of rotatable bonds is 5. The highest BCUT2D eigenvalue weighted by Gasteiger charge is 2.18. The first kappa shape index (κ1) is 16.2. The lowest BCUT2D eigenvalue weighted by molar-refractivity contribution is -0.117. The van der Waals surface area contributed by atoms with Gasteiger partial charge in [0, 0.05) is 30.6 Å². The molecule has 124 valence electrons. The number of aromatic nitrogens is 1. The van der Waals surface area contributed by atoms with E-state index in [1.807, 2.05) is 6.92 Å². The van der Waals surface area contributed by atoms with Crippen LogP contribution in [0.2, 0.25) is 0 Å². The lowest BCUT2D eigenvalue weighted by atomic mass is 10.3. The Morgan fingerprint density at radius 3 is 2.91 bits per heavy atom. The van der Waals surface area contributed by atoms with Gasteiger partial charge in [0.05, 0.1) is 12.2 Å². The van der Waals surface area contributed by atoms with E-state index in [2.05, 4.69) is 37.8 Å². The molecule has 3 rings (SSSR count). The van der Waals surface area contributed by atoms with Crippen LogP contribution in [0.1, 0.15) is 17.0 Å². The number of nitrogens with zero attached hydrogens (tertiary/aromatic N) is 3. The van der Waals surface area contributed by atoms with E-state index in [4.69, 9.17) is 4.52 Å². The lowest BCUT2D eigenvalue weighted by Gasteiger charge is -2.20. The second-order valence-corrected chi connectivity index (χ2v) is 6.90. The van der Waals surface area contributed by atoms with Gasteiger partial charge in [-0.1, -0.05) is 11.2 Å². The second kappa shape index (κ2) is 7.72. The zero-order valence-electron chi connectivity index (χ0n) is 13.3. The highest BCUT2D eigenvalue weighted by molar-refractivity contribution is 7.09. The second-order valence-electron chi connectivity index (χ2n) is 5.87. The van der Waals surface area contributed by atoms with E-state index in [1.54, 1.807) is 17.4 Å². The lowest BCUT2D eigenvalue weighted by Crippen LogP contribution is -2.36. The predicted octanol–water partition coefficient (Wildman–Crippen LogP) is 2.19. The summed E-state index contributed by atoms with van der Waals surface area (Å²) in [6.45, 7) is 7.17. The van der Waals surface area contributed by atoms with Gasteiger partial charge < -0.3 is 4.52 Å². The van der Waals surface area contributed by atoms with Crippen molar-refractivity contribution in [2.75, 3.05) is 38.0 Å². The number of nitrogens with one attached hydrogen (secondary N) is 1. The molecule has 0 radical (unpaired) electrons. The van der Waals surface area contributed by atoms with Crippen LogP contribution in [-0.4, -0.2) is 53.6 Å². The van der Waals surface area contributed by atoms with Crippen molar-refractivity contribution < 1.29 is 9.32 Å². The minimum atomic E-state index is -0.0483. The van der Waals surface area contributed by atoms with Gasteiger partial charge in [-0.3, -0.25) is 19.9 Å². The third-order valence-corrected chi connectivity index (χ3v) is 4.76. The molecule has 0 spiro atoms. The maximum atomic E-state index is 12.1. The standard InChI is InChI=1S/C16H22N4O2S/c1-13-10-16(22-18-13)17-15(21)12-20-6-3-5-19(7-8-20)11-14-4-2-9-23-14/h2,4,9-10H,3,5-8,11-12H2,1H3,(H,17,21). The largest absolute Gasteiger partial charge is 0.338 e. The molecule has 2 aromatic heterocycles. The maximum absolute atomic E-state index is 12.1. The Morgan fingerprint density at radius 2 is 2.17 bits per heavy atom. The zero-order valence-corrected chi connectivity index (χ0v) is 14.1. The van der Waals surface area contributed by atoms with E-state index in [9.17, 15) is 4.79 Å². The maximum Gasteiger partial charge on any atom is 0.240 e. The molecule has 0 aliphatic carbocycles. The van der Waals surface area contributed by atoms with Crippen molar-refractivity contribution in [1.29, 1.82) is 0 Å². The van der Waals surface area contributed by atoms with Crippen molar-refractivity contribution in [3.05, 3.63) is 34.2 Å². The molecule has 1 saturated heterocycles. The molecule has 0 aromatic carbocycles. The Kier molecular flexibility index (Phi) is 5.43. The first-order chi connectivity index (χ1) is 11.2. The molecule has 1 fully saturated rings. The molecule has 3 heterocycles. The molecular weight excluding hydrogens is 312 g/mol. The predicted molar refractivity (Wildman–Crippen MR) is 90.5 cm³/mol. The van der Waals surface area contributed by atoms with Crippen LogP contribution in [0.25, 0.3) is 0 Å². The molecule has 0 saturated carbocycles. The molecule has 6 nitrogen and oxygen atoms in total. The van der Waals surface area contributed by atoms with Gasteiger partial charge >= 0.3 is 0 Å². The van der Waals surface area contributed by atoms with Gasteiger partial charge in [0.25, 0.3) is 0 Å². The molecule has 0 atom stereocenters. The van der Waals surface area contributed by atoms with Crippen molar-refractivity contribution in [3.8, 4) is 0 Å². The SMILES string of the molecule is Cc1cc(NC(=O)CN2CCCN(Cc3cccs3)CC2)on1. The molecule has 0 bridgehead atoms. The summed E-state index contributed by atoms with van der Waals surface area (Å²) >= 11 is 1.80. The number of carbonyl (C=O) groups excluding carboxylic acids is 1. The molecule has 2 aromatic rings. The highest BCUT2D eigenvalue weighted by atomic mass is 32.1. The summed E-state index contributed by atoms with van der Waals surface area (Å²) in [7, 11) is 0.